The van der Waals surface area contributed by atoms with E-state index in [0.717, 1.165) is 27.7 Å². The van der Waals surface area contributed by atoms with E-state index in [0.29, 0.717) is 28.0 Å². The van der Waals surface area contributed by atoms with E-state index in [9.17, 15) is 4.79 Å². The molecule has 1 aliphatic heterocycles. The average molecular weight is 432 g/mol. The minimum atomic E-state index is -0.503. The molecule has 0 saturated heterocycles. The Balaban J connectivity index is 1.78. The summed E-state index contributed by atoms with van der Waals surface area (Å²) in [5.41, 5.74) is 4.03. The monoisotopic (exact) mass is 431 g/mol. The summed E-state index contributed by atoms with van der Waals surface area (Å²) in [6, 6.07) is 17.0. The second-order valence-electron chi connectivity index (χ2n) is 7.32. The van der Waals surface area contributed by atoms with Crippen molar-refractivity contribution in [3.05, 3.63) is 88.6 Å². The molecule has 4 aromatic rings. The first-order chi connectivity index (χ1) is 15.0. The number of methoxy groups -OCH3 is 1. The third-order valence-corrected chi connectivity index (χ3v) is 5.66. The van der Waals surface area contributed by atoms with Crippen LogP contribution in [0.15, 0.2) is 66.7 Å². The summed E-state index contributed by atoms with van der Waals surface area (Å²) in [4.78, 5) is 17.2. The van der Waals surface area contributed by atoms with Crippen molar-refractivity contribution in [3.63, 3.8) is 0 Å². The predicted octanol–water partition coefficient (Wildman–Crippen LogP) is 5.35. The van der Waals surface area contributed by atoms with Gasteiger partial charge in [0.15, 0.2) is 0 Å². The minimum Gasteiger partial charge on any atom is -0.466 e. The number of ether oxygens (including phenoxy) is 2. The molecule has 0 saturated carbocycles. The standard InChI is InChI=1S/C24H18ClN3O3/c1-13(24(29)30-3)20-18-11-15-7-4-5-10-19(15)26-22(18)31-23-21(20)14(2)27-28(23)17-9-6-8-16(25)12-17/h4-12,20H,1H2,2-3H3/t20-/m0/s1. The molecule has 0 unspecified atom stereocenters. The molecule has 3 heterocycles. The van der Waals surface area contributed by atoms with Gasteiger partial charge >= 0.3 is 5.97 Å². The number of hydrogen-bond acceptors (Lipinski definition) is 5. The van der Waals surface area contributed by atoms with Crippen LogP contribution in [0.4, 0.5) is 0 Å². The van der Waals surface area contributed by atoms with Crippen LogP contribution in [0.1, 0.15) is 22.7 Å². The number of carbonyl (C=O) groups is 1. The van der Waals surface area contributed by atoms with Crippen molar-refractivity contribution in [3.8, 4) is 17.4 Å². The number of carbonyl (C=O) groups excluding carboxylic acids is 1. The Hall–Kier alpha value is -3.64. The topological polar surface area (TPSA) is 66.2 Å². The van der Waals surface area contributed by atoms with Crippen molar-refractivity contribution in [1.29, 1.82) is 0 Å². The van der Waals surface area contributed by atoms with Crippen molar-refractivity contribution >= 4 is 28.5 Å². The summed E-state index contributed by atoms with van der Waals surface area (Å²) in [7, 11) is 1.34. The van der Waals surface area contributed by atoms with Gasteiger partial charge in [-0.05, 0) is 37.3 Å². The lowest BCUT2D eigenvalue weighted by Crippen LogP contribution is -2.19. The van der Waals surface area contributed by atoms with E-state index >= 15 is 0 Å². The highest BCUT2D eigenvalue weighted by atomic mass is 35.5. The van der Waals surface area contributed by atoms with Gasteiger partial charge in [-0.25, -0.2) is 14.5 Å². The molecular weight excluding hydrogens is 414 g/mol. The Morgan fingerprint density at radius 2 is 2.00 bits per heavy atom. The normalized spacial score (nSPS) is 14.5. The molecule has 2 aromatic heterocycles. The van der Waals surface area contributed by atoms with Crippen LogP contribution in [0.2, 0.25) is 5.02 Å². The first kappa shape index (κ1) is 19.3. The molecule has 31 heavy (non-hydrogen) atoms. The smallest absolute Gasteiger partial charge is 0.334 e. The Morgan fingerprint density at radius 1 is 1.19 bits per heavy atom. The molecule has 5 rings (SSSR count). The van der Waals surface area contributed by atoms with Crippen LogP contribution in [0.5, 0.6) is 11.8 Å². The summed E-state index contributed by atoms with van der Waals surface area (Å²) >= 11 is 6.20. The molecule has 0 spiro atoms. The second kappa shape index (κ2) is 7.25. The van der Waals surface area contributed by atoms with Gasteiger partial charge in [-0.1, -0.05) is 42.4 Å². The van der Waals surface area contributed by atoms with Crippen molar-refractivity contribution in [2.45, 2.75) is 12.8 Å². The maximum atomic E-state index is 12.5. The van der Waals surface area contributed by atoms with Crippen molar-refractivity contribution in [1.82, 2.24) is 14.8 Å². The molecule has 7 heteroatoms. The fraction of sp³-hybridized carbons (Fsp3) is 0.125. The number of nitrogens with zero attached hydrogens (tertiary/aromatic N) is 3. The lowest BCUT2D eigenvalue weighted by molar-refractivity contribution is -0.136. The minimum absolute atomic E-state index is 0.291. The number of pyridine rings is 1. The Kier molecular flexibility index (Phi) is 4.52. The van der Waals surface area contributed by atoms with Crippen LogP contribution in [-0.4, -0.2) is 27.8 Å². The zero-order chi connectivity index (χ0) is 21.7. The third-order valence-electron chi connectivity index (χ3n) is 5.42. The Morgan fingerprint density at radius 3 is 2.77 bits per heavy atom. The summed E-state index contributed by atoms with van der Waals surface area (Å²) in [6.45, 7) is 5.92. The molecular formula is C24H18ClN3O3. The van der Waals surface area contributed by atoms with E-state index in [1.807, 2.05) is 49.4 Å². The van der Waals surface area contributed by atoms with Crippen molar-refractivity contribution in [2.24, 2.45) is 0 Å². The van der Waals surface area contributed by atoms with Gasteiger partial charge in [-0.2, -0.15) is 5.10 Å². The zero-order valence-corrected chi connectivity index (χ0v) is 17.7. The van der Waals surface area contributed by atoms with E-state index in [1.165, 1.54) is 7.11 Å². The van der Waals surface area contributed by atoms with E-state index < -0.39 is 11.9 Å². The number of hydrogen-bond donors (Lipinski definition) is 0. The fourth-order valence-electron chi connectivity index (χ4n) is 3.99. The largest absolute Gasteiger partial charge is 0.466 e. The molecule has 0 bridgehead atoms. The Bertz CT molecular complexity index is 1380. The van der Waals surface area contributed by atoms with Gasteiger partial charge in [-0.3, -0.25) is 0 Å². The second-order valence-corrected chi connectivity index (χ2v) is 7.76. The molecule has 0 amide bonds. The van der Waals surface area contributed by atoms with Crippen LogP contribution in [0.25, 0.3) is 16.6 Å². The highest BCUT2D eigenvalue weighted by Gasteiger charge is 2.38. The molecule has 2 aromatic carbocycles. The number of esters is 1. The van der Waals surface area contributed by atoms with E-state index in [2.05, 4.69) is 11.7 Å². The van der Waals surface area contributed by atoms with E-state index in [-0.39, 0.29) is 0 Å². The highest BCUT2D eigenvalue weighted by molar-refractivity contribution is 6.30. The van der Waals surface area contributed by atoms with Crippen LogP contribution < -0.4 is 4.74 Å². The summed E-state index contributed by atoms with van der Waals surface area (Å²) < 4.78 is 12.9. The van der Waals surface area contributed by atoms with Gasteiger partial charge in [0.25, 0.3) is 0 Å². The molecule has 0 N–H and O–H groups in total. The summed E-state index contributed by atoms with van der Waals surface area (Å²) in [6.07, 6.45) is 0. The number of halogens is 1. The van der Waals surface area contributed by atoms with Gasteiger partial charge in [0.2, 0.25) is 11.8 Å². The third kappa shape index (κ3) is 3.07. The number of para-hydroxylation sites is 1. The van der Waals surface area contributed by atoms with Crippen LogP contribution >= 0.6 is 11.6 Å². The van der Waals surface area contributed by atoms with Gasteiger partial charge in [0, 0.05) is 21.5 Å². The van der Waals surface area contributed by atoms with E-state index in [1.54, 1.807) is 16.8 Å². The number of rotatable bonds is 3. The lowest BCUT2D eigenvalue weighted by Gasteiger charge is -2.27. The quantitative estimate of drug-likeness (QED) is 0.323. The molecule has 1 atom stereocenters. The maximum Gasteiger partial charge on any atom is 0.334 e. The molecule has 1 aliphatic rings. The van der Waals surface area contributed by atoms with Crippen LogP contribution in [0.3, 0.4) is 0 Å². The number of benzene rings is 2. The van der Waals surface area contributed by atoms with Crippen LogP contribution in [-0.2, 0) is 9.53 Å². The molecule has 6 nitrogen and oxygen atoms in total. The molecule has 0 fully saturated rings. The lowest BCUT2D eigenvalue weighted by atomic mass is 9.84. The first-order valence-electron chi connectivity index (χ1n) is 9.68. The SMILES string of the molecule is C=C(C(=O)OC)[C@H]1c2cc3ccccc3nc2Oc2c1c(C)nn2-c1cccc(Cl)c1. The number of fused-ring (bicyclic) bond motifs is 3. The van der Waals surface area contributed by atoms with Gasteiger partial charge in [0.05, 0.1) is 35.5 Å². The zero-order valence-electron chi connectivity index (χ0n) is 16.9. The number of aryl methyl sites for hydroxylation is 1. The van der Waals surface area contributed by atoms with Gasteiger partial charge < -0.3 is 9.47 Å². The van der Waals surface area contributed by atoms with Crippen molar-refractivity contribution in [2.75, 3.05) is 7.11 Å². The predicted molar refractivity (Wildman–Crippen MR) is 118 cm³/mol. The average Bonchev–Trinajstić information content (AvgIpc) is 3.11. The van der Waals surface area contributed by atoms with Crippen LogP contribution in [0, 0.1) is 6.92 Å². The first-order valence-corrected chi connectivity index (χ1v) is 10.1. The summed E-state index contributed by atoms with van der Waals surface area (Å²) in [5, 5.41) is 6.21. The summed E-state index contributed by atoms with van der Waals surface area (Å²) in [5.74, 6) is -0.113. The van der Waals surface area contributed by atoms with Gasteiger partial charge in [0.1, 0.15) is 0 Å². The Labute approximate surface area is 183 Å². The van der Waals surface area contributed by atoms with Gasteiger partial charge in [-0.15, -0.1) is 0 Å². The number of aromatic nitrogens is 3. The fourth-order valence-corrected chi connectivity index (χ4v) is 4.18. The molecule has 154 valence electrons. The molecule has 0 radical (unpaired) electrons. The highest BCUT2D eigenvalue weighted by Crippen LogP contribution is 2.49. The maximum absolute atomic E-state index is 12.5. The van der Waals surface area contributed by atoms with E-state index in [4.69, 9.17) is 26.1 Å². The molecule has 0 aliphatic carbocycles. The van der Waals surface area contributed by atoms with Crippen molar-refractivity contribution < 1.29 is 14.3 Å².